The second-order valence-electron chi connectivity index (χ2n) is 7.18. The van der Waals surface area contributed by atoms with Gasteiger partial charge in [-0.1, -0.05) is 23.7 Å². The molecule has 1 unspecified atom stereocenters. The number of nitrogens with zero attached hydrogens (tertiary/aromatic N) is 2. The molecular formula is C22H25ClFN3O3. The highest BCUT2D eigenvalue weighted by Gasteiger charge is 2.27. The van der Waals surface area contributed by atoms with Crippen LogP contribution >= 0.6 is 11.6 Å². The van der Waals surface area contributed by atoms with Crippen LogP contribution in [0.2, 0.25) is 5.02 Å². The third kappa shape index (κ3) is 6.18. The van der Waals surface area contributed by atoms with E-state index in [9.17, 15) is 14.0 Å². The zero-order valence-corrected chi connectivity index (χ0v) is 17.6. The highest BCUT2D eigenvalue weighted by Crippen LogP contribution is 2.13. The van der Waals surface area contributed by atoms with Crippen molar-refractivity contribution in [1.82, 2.24) is 15.1 Å². The van der Waals surface area contributed by atoms with Gasteiger partial charge in [0.25, 0.3) is 5.91 Å². The number of piperazine rings is 1. The Morgan fingerprint density at radius 2 is 1.70 bits per heavy atom. The molecule has 1 fully saturated rings. The first-order valence-electron chi connectivity index (χ1n) is 9.85. The largest absolute Gasteiger partial charge is 0.484 e. The van der Waals surface area contributed by atoms with Gasteiger partial charge in [-0.3, -0.25) is 14.5 Å². The molecule has 30 heavy (non-hydrogen) atoms. The van der Waals surface area contributed by atoms with Crippen molar-refractivity contribution in [2.24, 2.45) is 0 Å². The van der Waals surface area contributed by atoms with Gasteiger partial charge < -0.3 is 15.0 Å². The predicted octanol–water partition coefficient (Wildman–Crippen LogP) is 2.71. The lowest BCUT2D eigenvalue weighted by Gasteiger charge is -2.37. The van der Waals surface area contributed by atoms with Crippen LogP contribution in [-0.4, -0.2) is 60.4 Å². The third-order valence-electron chi connectivity index (χ3n) is 5.15. The monoisotopic (exact) mass is 433 g/mol. The summed E-state index contributed by atoms with van der Waals surface area (Å²) in [4.78, 5) is 28.6. The van der Waals surface area contributed by atoms with E-state index in [4.69, 9.17) is 16.3 Å². The van der Waals surface area contributed by atoms with Crippen molar-refractivity contribution < 1.29 is 18.7 Å². The minimum absolute atomic E-state index is 0.0515. The molecule has 160 valence electrons. The van der Waals surface area contributed by atoms with Gasteiger partial charge in [-0.25, -0.2) is 4.39 Å². The Morgan fingerprint density at radius 1 is 1.07 bits per heavy atom. The van der Waals surface area contributed by atoms with Crippen molar-refractivity contribution >= 4 is 23.4 Å². The van der Waals surface area contributed by atoms with Gasteiger partial charge in [0.05, 0.1) is 6.04 Å². The molecule has 1 aliphatic heterocycles. The number of carbonyl (C=O) groups is 2. The standard InChI is InChI=1S/C22H25ClFN3O3/c1-16(22(29)25-14-17-2-4-18(23)5-3-17)26-10-12-27(13-11-26)21(28)15-30-20-8-6-19(24)7-9-20/h2-9,16H,10-15H2,1H3,(H,25,29). The van der Waals surface area contributed by atoms with E-state index >= 15 is 0 Å². The van der Waals surface area contributed by atoms with E-state index in [1.165, 1.54) is 24.3 Å². The van der Waals surface area contributed by atoms with E-state index < -0.39 is 0 Å². The van der Waals surface area contributed by atoms with Crippen LogP contribution < -0.4 is 10.1 Å². The molecule has 0 aliphatic carbocycles. The fourth-order valence-electron chi connectivity index (χ4n) is 3.23. The summed E-state index contributed by atoms with van der Waals surface area (Å²) in [5.74, 6) is -0.0753. The summed E-state index contributed by atoms with van der Waals surface area (Å²) >= 11 is 5.87. The molecule has 8 heteroatoms. The number of hydrogen-bond donors (Lipinski definition) is 1. The molecular weight excluding hydrogens is 409 g/mol. The number of hydrogen-bond acceptors (Lipinski definition) is 4. The first-order valence-corrected chi connectivity index (χ1v) is 10.2. The number of nitrogens with one attached hydrogen (secondary N) is 1. The van der Waals surface area contributed by atoms with Gasteiger partial charge in [-0.15, -0.1) is 0 Å². The Bertz CT molecular complexity index is 853. The number of amides is 2. The van der Waals surface area contributed by atoms with Gasteiger partial charge in [0.15, 0.2) is 6.61 Å². The van der Waals surface area contributed by atoms with Crippen molar-refractivity contribution in [2.75, 3.05) is 32.8 Å². The Kier molecular flexibility index (Phi) is 7.65. The molecule has 2 aromatic carbocycles. The number of rotatable bonds is 7. The average molecular weight is 434 g/mol. The van der Waals surface area contributed by atoms with Crippen LogP contribution in [0.15, 0.2) is 48.5 Å². The molecule has 1 aliphatic rings. The Balaban J connectivity index is 1.40. The zero-order valence-electron chi connectivity index (χ0n) is 16.8. The molecule has 0 radical (unpaired) electrons. The first kappa shape index (κ1) is 22.1. The van der Waals surface area contributed by atoms with Gasteiger partial charge in [0.1, 0.15) is 11.6 Å². The lowest BCUT2D eigenvalue weighted by Crippen LogP contribution is -2.55. The third-order valence-corrected chi connectivity index (χ3v) is 5.40. The average Bonchev–Trinajstić information content (AvgIpc) is 2.77. The van der Waals surface area contributed by atoms with Crippen LogP contribution in [0.3, 0.4) is 0 Å². The zero-order chi connectivity index (χ0) is 21.5. The Hall–Kier alpha value is -2.64. The van der Waals surface area contributed by atoms with Gasteiger partial charge in [0.2, 0.25) is 5.91 Å². The normalized spacial score (nSPS) is 15.5. The molecule has 1 heterocycles. The molecule has 0 spiro atoms. The van der Waals surface area contributed by atoms with Crippen LogP contribution in [0.4, 0.5) is 4.39 Å². The van der Waals surface area contributed by atoms with Crippen LogP contribution in [0.1, 0.15) is 12.5 Å². The van der Waals surface area contributed by atoms with Crippen molar-refractivity contribution in [2.45, 2.75) is 19.5 Å². The lowest BCUT2D eigenvalue weighted by molar-refractivity contribution is -0.136. The maximum absolute atomic E-state index is 12.9. The molecule has 2 amide bonds. The Labute approximate surface area is 180 Å². The molecule has 3 rings (SSSR count). The SMILES string of the molecule is CC(C(=O)NCc1ccc(Cl)cc1)N1CCN(C(=O)COc2ccc(F)cc2)CC1. The number of halogens is 2. The summed E-state index contributed by atoms with van der Waals surface area (Å²) < 4.78 is 18.3. The predicted molar refractivity (Wildman–Crippen MR) is 113 cm³/mol. The van der Waals surface area contributed by atoms with Crippen molar-refractivity contribution in [3.63, 3.8) is 0 Å². The minimum Gasteiger partial charge on any atom is -0.484 e. The summed E-state index contributed by atoms with van der Waals surface area (Å²) in [6.07, 6.45) is 0. The fourth-order valence-corrected chi connectivity index (χ4v) is 3.36. The molecule has 1 saturated heterocycles. The Morgan fingerprint density at radius 3 is 2.33 bits per heavy atom. The van der Waals surface area contributed by atoms with E-state index in [1.807, 2.05) is 19.1 Å². The van der Waals surface area contributed by atoms with E-state index in [-0.39, 0.29) is 30.3 Å². The molecule has 0 aromatic heterocycles. The second kappa shape index (κ2) is 10.4. The summed E-state index contributed by atoms with van der Waals surface area (Å²) in [5.41, 5.74) is 0.983. The summed E-state index contributed by atoms with van der Waals surface area (Å²) in [6.45, 7) is 4.49. The summed E-state index contributed by atoms with van der Waals surface area (Å²) in [5, 5.41) is 3.60. The highest BCUT2D eigenvalue weighted by molar-refractivity contribution is 6.30. The van der Waals surface area contributed by atoms with Gasteiger partial charge in [-0.2, -0.15) is 0 Å². The molecule has 0 bridgehead atoms. The van der Waals surface area contributed by atoms with Gasteiger partial charge >= 0.3 is 0 Å². The number of benzene rings is 2. The molecule has 1 atom stereocenters. The fraction of sp³-hybridized carbons (Fsp3) is 0.364. The molecule has 0 saturated carbocycles. The summed E-state index contributed by atoms with van der Waals surface area (Å²) in [7, 11) is 0. The maximum Gasteiger partial charge on any atom is 0.260 e. The summed E-state index contributed by atoms with van der Waals surface area (Å²) in [6, 6.07) is 12.6. The topological polar surface area (TPSA) is 61.9 Å². The highest BCUT2D eigenvalue weighted by atomic mass is 35.5. The number of ether oxygens (including phenoxy) is 1. The van der Waals surface area contributed by atoms with Crippen LogP contribution in [0, 0.1) is 5.82 Å². The smallest absolute Gasteiger partial charge is 0.260 e. The van der Waals surface area contributed by atoms with Crippen LogP contribution in [0.5, 0.6) is 5.75 Å². The van der Waals surface area contributed by atoms with Crippen LogP contribution in [0.25, 0.3) is 0 Å². The van der Waals surface area contributed by atoms with E-state index in [0.717, 1.165) is 5.56 Å². The number of carbonyl (C=O) groups excluding carboxylic acids is 2. The quantitative estimate of drug-likeness (QED) is 0.729. The van der Waals surface area contributed by atoms with E-state index in [1.54, 1.807) is 17.0 Å². The van der Waals surface area contributed by atoms with E-state index in [0.29, 0.717) is 43.5 Å². The lowest BCUT2D eigenvalue weighted by atomic mass is 10.2. The minimum atomic E-state index is -0.351. The molecule has 1 N–H and O–H groups in total. The van der Waals surface area contributed by atoms with Crippen LogP contribution in [-0.2, 0) is 16.1 Å². The van der Waals surface area contributed by atoms with Crippen molar-refractivity contribution in [1.29, 1.82) is 0 Å². The molecule has 6 nitrogen and oxygen atoms in total. The van der Waals surface area contributed by atoms with Crippen molar-refractivity contribution in [3.05, 3.63) is 64.9 Å². The van der Waals surface area contributed by atoms with Gasteiger partial charge in [0, 0.05) is 37.7 Å². The maximum atomic E-state index is 12.9. The van der Waals surface area contributed by atoms with Crippen molar-refractivity contribution in [3.8, 4) is 5.75 Å². The van der Waals surface area contributed by atoms with E-state index in [2.05, 4.69) is 10.2 Å². The second-order valence-corrected chi connectivity index (χ2v) is 7.62. The first-order chi connectivity index (χ1) is 14.4. The molecule has 2 aromatic rings. The van der Waals surface area contributed by atoms with Gasteiger partial charge in [-0.05, 0) is 48.9 Å².